The zero-order chi connectivity index (χ0) is 13.8. The highest BCUT2D eigenvalue weighted by atomic mass is 79.9. The summed E-state index contributed by atoms with van der Waals surface area (Å²) in [6.07, 6.45) is 1.69. The molecule has 0 aliphatic heterocycles. The van der Waals surface area contributed by atoms with Crippen LogP contribution in [0.3, 0.4) is 0 Å². The van der Waals surface area contributed by atoms with Crippen LogP contribution in [-0.2, 0) is 6.42 Å². The number of aromatic amines is 1. The quantitative estimate of drug-likeness (QED) is 0.905. The maximum Gasteiger partial charge on any atom is 0.267 e. The van der Waals surface area contributed by atoms with Gasteiger partial charge < -0.3 is 10.3 Å². The van der Waals surface area contributed by atoms with E-state index in [1.165, 1.54) is 18.5 Å². The van der Waals surface area contributed by atoms with Crippen LogP contribution in [0.1, 0.15) is 5.56 Å². The summed E-state index contributed by atoms with van der Waals surface area (Å²) in [6.45, 7) is 0.401. The molecule has 19 heavy (non-hydrogen) atoms. The molecular weight excluding hydrogens is 320 g/mol. The van der Waals surface area contributed by atoms with Gasteiger partial charge in [0.15, 0.2) is 0 Å². The Labute approximate surface area is 116 Å². The van der Waals surface area contributed by atoms with Crippen molar-refractivity contribution >= 4 is 21.7 Å². The monoisotopic (exact) mass is 329 g/mol. The number of halogens is 3. The number of aromatic nitrogens is 2. The zero-order valence-electron chi connectivity index (χ0n) is 9.71. The van der Waals surface area contributed by atoms with Gasteiger partial charge in [-0.1, -0.05) is 0 Å². The van der Waals surface area contributed by atoms with Crippen LogP contribution in [-0.4, -0.2) is 16.5 Å². The van der Waals surface area contributed by atoms with E-state index in [2.05, 4.69) is 31.2 Å². The Balaban J connectivity index is 2.00. The van der Waals surface area contributed by atoms with Crippen LogP contribution in [0.2, 0.25) is 0 Å². The van der Waals surface area contributed by atoms with Crippen molar-refractivity contribution in [1.29, 1.82) is 0 Å². The third-order valence-corrected chi connectivity index (χ3v) is 3.16. The van der Waals surface area contributed by atoms with Gasteiger partial charge in [0.05, 0.1) is 6.33 Å². The Morgan fingerprint density at radius 3 is 2.63 bits per heavy atom. The first-order valence-corrected chi connectivity index (χ1v) is 6.27. The van der Waals surface area contributed by atoms with E-state index in [-0.39, 0.29) is 5.56 Å². The molecule has 2 aromatic rings. The molecule has 0 aliphatic carbocycles. The van der Waals surface area contributed by atoms with Gasteiger partial charge in [0, 0.05) is 12.6 Å². The Hall–Kier alpha value is -1.76. The van der Waals surface area contributed by atoms with Gasteiger partial charge in [-0.25, -0.2) is 13.8 Å². The SMILES string of the molecule is O=c1[nH]cnc(NCCc2cc(F)cc(F)c2)c1Br. The Kier molecular flexibility index (Phi) is 4.26. The van der Waals surface area contributed by atoms with Gasteiger partial charge in [-0.05, 0) is 40.0 Å². The minimum Gasteiger partial charge on any atom is -0.369 e. The fourth-order valence-corrected chi connectivity index (χ4v) is 1.94. The molecule has 0 spiro atoms. The van der Waals surface area contributed by atoms with Gasteiger partial charge in [0.2, 0.25) is 0 Å². The largest absolute Gasteiger partial charge is 0.369 e. The van der Waals surface area contributed by atoms with Gasteiger partial charge >= 0.3 is 0 Å². The summed E-state index contributed by atoms with van der Waals surface area (Å²) in [6, 6.07) is 3.36. The second-order valence-corrected chi connectivity index (χ2v) is 4.64. The number of nitrogens with zero attached hydrogens (tertiary/aromatic N) is 1. The molecule has 7 heteroatoms. The third-order valence-electron chi connectivity index (χ3n) is 2.43. The van der Waals surface area contributed by atoms with Crippen LogP contribution in [0.25, 0.3) is 0 Å². The summed E-state index contributed by atoms with van der Waals surface area (Å²) >= 11 is 3.10. The predicted molar refractivity (Wildman–Crippen MR) is 71.1 cm³/mol. The van der Waals surface area contributed by atoms with Gasteiger partial charge in [-0.2, -0.15) is 0 Å². The van der Waals surface area contributed by atoms with E-state index < -0.39 is 11.6 Å². The van der Waals surface area contributed by atoms with Crippen molar-refractivity contribution in [2.75, 3.05) is 11.9 Å². The Bertz CT molecular complexity index is 625. The Morgan fingerprint density at radius 2 is 1.95 bits per heavy atom. The van der Waals surface area contributed by atoms with Crippen molar-refractivity contribution in [2.24, 2.45) is 0 Å². The second-order valence-electron chi connectivity index (χ2n) is 3.85. The van der Waals surface area contributed by atoms with Gasteiger partial charge in [-0.3, -0.25) is 4.79 Å². The highest BCUT2D eigenvalue weighted by Crippen LogP contribution is 2.13. The molecule has 0 saturated heterocycles. The molecule has 2 rings (SSSR count). The maximum absolute atomic E-state index is 13.0. The molecule has 0 fully saturated rings. The maximum atomic E-state index is 13.0. The van der Waals surface area contributed by atoms with Crippen LogP contribution in [0.4, 0.5) is 14.6 Å². The van der Waals surface area contributed by atoms with Crippen LogP contribution in [0, 0.1) is 11.6 Å². The standard InChI is InChI=1S/C12H10BrF2N3O/c13-10-11(17-6-18-12(10)19)16-2-1-7-3-8(14)5-9(15)4-7/h3-6H,1-2H2,(H2,16,17,18,19). The molecule has 2 N–H and O–H groups in total. The van der Waals surface area contributed by atoms with E-state index in [1.807, 2.05) is 0 Å². The van der Waals surface area contributed by atoms with Gasteiger partial charge in [0.25, 0.3) is 5.56 Å². The summed E-state index contributed by atoms with van der Waals surface area (Å²) in [5.74, 6) is -0.823. The molecule has 0 bridgehead atoms. The highest BCUT2D eigenvalue weighted by molar-refractivity contribution is 9.10. The van der Waals surface area contributed by atoms with Crippen molar-refractivity contribution in [3.05, 3.63) is 56.6 Å². The first-order valence-electron chi connectivity index (χ1n) is 5.48. The minimum absolute atomic E-state index is 0.292. The molecule has 1 heterocycles. The number of anilines is 1. The molecule has 1 aromatic heterocycles. The number of rotatable bonds is 4. The lowest BCUT2D eigenvalue weighted by Gasteiger charge is -2.07. The van der Waals surface area contributed by atoms with Crippen molar-refractivity contribution in [2.45, 2.75) is 6.42 Å². The summed E-state index contributed by atoms with van der Waals surface area (Å²) in [5.41, 5.74) is 0.236. The number of hydrogen-bond acceptors (Lipinski definition) is 3. The van der Waals surface area contributed by atoms with Crippen LogP contribution >= 0.6 is 15.9 Å². The summed E-state index contributed by atoms with van der Waals surface area (Å²) in [7, 11) is 0. The van der Waals surface area contributed by atoms with E-state index in [0.29, 0.717) is 28.8 Å². The van der Waals surface area contributed by atoms with Gasteiger partial charge in [0.1, 0.15) is 21.9 Å². The van der Waals surface area contributed by atoms with Crippen LogP contribution in [0.15, 0.2) is 33.8 Å². The lowest BCUT2D eigenvalue weighted by atomic mass is 10.1. The van der Waals surface area contributed by atoms with Crippen molar-refractivity contribution in [3.8, 4) is 0 Å². The Morgan fingerprint density at radius 1 is 1.26 bits per heavy atom. The molecule has 4 nitrogen and oxygen atoms in total. The summed E-state index contributed by atoms with van der Waals surface area (Å²) < 4.78 is 26.2. The smallest absolute Gasteiger partial charge is 0.267 e. The molecular formula is C12H10BrF2N3O. The first-order chi connectivity index (χ1) is 9.06. The van der Waals surface area contributed by atoms with Crippen LogP contribution < -0.4 is 10.9 Å². The topological polar surface area (TPSA) is 57.8 Å². The molecule has 0 unspecified atom stereocenters. The van der Waals surface area contributed by atoms with Crippen LogP contribution in [0.5, 0.6) is 0 Å². The molecule has 0 amide bonds. The molecule has 1 aromatic carbocycles. The van der Waals surface area contributed by atoms with E-state index in [9.17, 15) is 13.6 Å². The molecule has 0 aliphatic rings. The first kappa shape index (κ1) is 13.7. The average molecular weight is 330 g/mol. The lowest BCUT2D eigenvalue weighted by Crippen LogP contribution is -2.14. The second kappa shape index (κ2) is 5.92. The zero-order valence-corrected chi connectivity index (χ0v) is 11.3. The molecule has 0 saturated carbocycles. The van der Waals surface area contributed by atoms with E-state index in [0.717, 1.165) is 6.07 Å². The number of H-pyrrole nitrogens is 1. The third kappa shape index (κ3) is 3.60. The fraction of sp³-hybridized carbons (Fsp3) is 0.167. The van der Waals surface area contributed by atoms with E-state index in [1.54, 1.807) is 0 Å². The fourth-order valence-electron chi connectivity index (χ4n) is 1.59. The molecule has 0 atom stereocenters. The lowest BCUT2D eigenvalue weighted by molar-refractivity contribution is 0.580. The molecule has 0 radical (unpaired) electrons. The predicted octanol–water partition coefficient (Wildman–Crippen LogP) is 2.47. The summed E-state index contributed by atoms with van der Waals surface area (Å²) in [5, 5.41) is 2.92. The number of benzene rings is 1. The highest BCUT2D eigenvalue weighted by Gasteiger charge is 2.05. The average Bonchev–Trinajstić information content (AvgIpc) is 2.33. The molecule has 100 valence electrons. The van der Waals surface area contributed by atoms with E-state index in [4.69, 9.17) is 0 Å². The summed E-state index contributed by atoms with van der Waals surface area (Å²) in [4.78, 5) is 17.6. The van der Waals surface area contributed by atoms with Crippen molar-refractivity contribution < 1.29 is 8.78 Å². The number of hydrogen-bond donors (Lipinski definition) is 2. The van der Waals surface area contributed by atoms with Crippen molar-refractivity contribution in [1.82, 2.24) is 9.97 Å². The number of nitrogens with one attached hydrogen (secondary N) is 2. The minimum atomic E-state index is -0.606. The van der Waals surface area contributed by atoms with Gasteiger partial charge in [-0.15, -0.1) is 0 Å². The van der Waals surface area contributed by atoms with Crippen molar-refractivity contribution in [3.63, 3.8) is 0 Å². The van der Waals surface area contributed by atoms with E-state index >= 15 is 0 Å². The normalized spacial score (nSPS) is 10.5.